The van der Waals surface area contributed by atoms with Gasteiger partial charge in [-0.15, -0.1) is 0 Å². The third-order valence-corrected chi connectivity index (χ3v) is 2.48. The van der Waals surface area contributed by atoms with Crippen LogP contribution in [0.3, 0.4) is 0 Å². The highest BCUT2D eigenvalue weighted by atomic mass is 16.3. The molecule has 0 saturated heterocycles. The zero-order chi connectivity index (χ0) is 9.26. The third-order valence-electron chi connectivity index (χ3n) is 2.48. The number of hydrogen-bond donors (Lipinski definition) is 2. The second-order valence-corrected chi connectivity index (χ2v) is 3.44. The van der Waals surface area contributed by atoms with Gasteiger partial charge in [-0.05, 0) is 12.8 Å². The van der Waals surface area contributed by atoms with Gasteiger partial charge in [-0.1, -0.05) is 0 Å². The molecule has 0 amide bonds. The summed E-state index contributed by atoms with van der Waals surface area (Å²) in [5.41, 5.74) is 1.17. The van der Waals surface area contributed by atoms with E-state index >= 15 is 0 Å². The maximum absolute atomic E-state index is 9.46. The van der Waals surface area contributed by atoms with Crippen LogP contribution in [0.1, 0.15) is 17.9 Å². The van der Waals surface area contributed by atoms with Crippen molar-refractivity contribution in [1.82, 2.24) is 9.55 Å². The van der Waals surface area contributed by atoms with Gasteiger partial charge in [0.1, 0.15) is 5.82 Å². The molecular weight excluding hydrogens is 168 g/mol. The molecule has 1 atom stereocenters. The van der Waals surface area contributed by atoms with E-state index in [1.54, 1.807) is 0 Å². The SMILES string of the molecule is OCCc1ncc2n1CC(O)CC2. The summed E-state index contributed by atoms with van der Waals surface area (Å²) in [6, 6.07) is 0. The molecule has 2 N–H and O–H groups in total. The lowest BCUT2D eigenvalue weighted by Crippen LogP contribution is -2.25. The molecule has 4 nitrogen and oxygen atoms in total. The average Bonchev–Trinajstić information content (AvgIpc) is 2.49. The Kier molecular flexibility index (Phi) is 2.33. The van der Waals surface area contributed by atoms with E-state index in [1.165, 1.54) is 5.69 Å². The molecular formula is C9H14N2O2. The Balaban J connectivity index is 2.25. The predicted octanol–water partition coefficient (Wildman–Crippen LogP) is -0.275. The van der Waals surface area contributed by atoms with Gasteiger partial charge in [0.25, 0.3) is 0 Å². The Morgan fingerprint density at radius 1 is 1.62 bits per heavy atom. The molecule has 4 heteroatoms. The van der Waals surface area contributed by atoms with E-state index < -0.39 is 0 Å². The molecule has 1 aliphatic rings. The summed E-state index contributed by atoms with van der Waals surface area (Å²) in [5.74, 6) is 0.885. The standard InChI is InChI=1S/C9H14N2O2/c12-4-3-9-10-5-7-1-2-8(13)6-11(7)9/h5,8,12-13H,1-4,6H2. The number of rotatable bonds is 2. The van der Waals surface area contributed by atoms with E-state index in [4.69, 9.17) is 5.11 Å². The summed E-state index contributed by atoms with van der Waals surface area (Å²) in [6.45, 7) is 0.747. The number of aliphatic hydroxyl groups is 2. The highest BCUT2D eigenvalue weighted by Gasteiger charge is 2.18. The Morgan fingerprint density at radius 3 is 3.23 bits per heavy atom. The van der Waals surface area contributed by atoms with Crippen molar-refractivity contribution >= 4 is 0 Å². The average molecular weight is 182 g/mol. The van der Waals surface area contributed by atoms with E-state index in [2.05, 4.69) is 4.98 Å². The van der Waals surface area contributed by atoms with Crippen LogP contribution < -0.4 is 0 Å². The summed E-state index contributed by atoms with van der Waals surface area (Å²) in [7, 11) is 0. The van der Waals surface area contributed by atoms with E-state index in [0.29, 0.717) is 13.0 Å². The van der Waals surface area contributed by atoms with E-state index in [1.807, 2.05) is 10.8 Å². The quantitative estimate of drug-likeness (QED) is 0.661. The van der Waals surface area contributed by atoms with E-state index in [9.17, 15) is 5.11 Å². The van der Waals surface area contributed by atoms with Crippen molar-refractivity contribution in [1.29, 1.82) is 0 Å². The fourth-order valence-corrected chi connectivity index (χ4v) is 1.79. The summed E-state index contributed by atoms with van der Waals surface area (Å²) in [6.07, 6.45) is 3.88. The number of imidazole rings is 1. The molecule has 0 saturated carbocycles. The first kappa shape index (κ1) is 8.72. The van der Waals surface area contributed by atoms with Crippen molar-refractivity contribution < 1.29 is 10.2 Å². The Bertz CT molecular complexity index is 296. The van der Waals surface area contributed by atoms with Crippen LogP contribution in [-0.4, -0.2) is 32.5 Å². The van der Waals surface area contributed by atoms with Gasteiger partial charge < -0.3 is 14.8 Å². The largest absolute Gasteiger partial charge is 0.396 e. The maximum atomic E-state index is 9.46. The van der Waals surface area contributed by atoms with Gasteiger partial charge in [0, 0.05) is 18.3 Å². The first-order valence-electron chi connectivity index (χ1n) is 4.63. The Hall–Kier alpha value is -0.870. The van der Waals surface area contributed by atoms with Gasteiger partial charge in [0.15, 0.2) is 0 Å². The molecule has 0 aliphatic carbocycles. The fourth-order valence-electron chi connectivity index (χ4n) is 1.79. The molecule has 0 aromatic carbocycles. The third kappa shape index (κ3) is 1.59. The minimum Gasteiger partial charge on any atom is -0.396 e. The van der Waals surface area contributed by atoms with Crippen LogP contribution in [0.25, 0.3) is 0 Å². The molecule has 0 spiro atoms. The van der Waals surface area contributed by atoms with Gasteiger partial charge in [0.2, 0.25) is 0 Å². The molecule has 1 aliphatic heterocycles. The summed E-state index contributed by atoms with van der Waals surface area (Å²) >= 11 is 0. The van der Waals surface area contributed by atoms with Crippen molar-refractivity contribution in [2.75, 3.05) is 6.61 Å². The molecule has 0 fully saturated rings. The zero-order valence-electron chi connectivity index (χ0n) is 7.48. The van der Waals surface area contributed by atoms with Gasteiger partial charge in [-0.2, -0.15) is 0 Å². The van der Waals surface area contributed by atoms with Gasteiger partial charge >= 0.3 is 0 Å². The lowest BCUT2D eigenvalue weighted by atomic mass is 10.1. The van der Waals surface area contributed by atoms with Gasteiger partial charge in [-0.25, -0.2) is 4.98 Å². The smallest absolute Gasteiger partial charge is 0.111 e. The summed E-state index contributed by atoms with van der Waals surface area (Å²) < 4.78 is 2.02. The van der Waals surface area contributed by atoms with Crippen LogP contribution in [0.15, 0.2) is 6.20 Å². The summed E-state index contributed by atoms with van der Waals surface area (Å²) in [4.78, 5) is 4.21. The number of aromatic nitrogens is 2. The maximum Gasteiger partial charge on any atom is 0.111 e. The first-order valence-corrected chi connectivity index (χ1v) is 4.63. The van der Waals surface area contributed by atoms with Gasteiger partial charge in [0.05, 0.1) is 19.3 Å². The van der Waals surface area contributed by atoms with Crippen LogP contribution in [0.5, 0.6) is 0 Å². The van der Waals surface area contributed by atoms with E-state index in [0.717, 1.165) is 18.7 Å². The van der Waals surface area contributed by atoms with Crippen molar-refractivity contribution in [3.8, 4) is 0 Å². The second kappa shape index (κ2) is 3.47. The molecule has 1 aromatic rings. The fraction of sp³-hybridized carbons (Fsp3) is 0.667. The van der Waals surface area contributed by atoms with Crippen LogP contribution in [0.2, 0.25) is 0 Å². The normalized spacial score (nSPS) is 21.5. The Labute approximate surface area is 76.8 Å². The van der Waals surface area contributed by atoms with Crippen LogP contribution in [0.4, 0.5) is 0 Å². The molecule has 2 heterocycles. The monoisotopic (exact) mass is 182 g/mol. The molecule has 13 heavy (non-hydrogen) atoms. The molecule has 0 bridgehead atoms. The Morgan fingerprint density at radius 2 is 2.46 bits per heavy atom. The highest BCUT2D eigenvalue weighted by molar-refractivity contribution is 5.09. The van der Waals surface area contributed by atoms with Crippen molar-refractivity contribution in [2.24, 2.45) is 0 Å². The number of fused-ring (bicyclic) bond motifs is 1. The van der Waals surface area contributed by atoms with Crippen LogP contribution in [0, 0.1) is 0 Å². The number of aryl methyl sites for hydroxylation is 1. The van der Waals surface area contributed by atoms with Crippen molar-refractivity contribution in [3.63, 3.8) is 0 Å². The topological polar surface area (TPSA) is 58.3 Å². The van der Waals surface area contributed by atoms with E-state index in [-0.39, 0.29) is 12.7 Å². The second-order valence-electron chi connectivity index (χ2n) is 3.44. The van der Waals surface area contributed by atoms with Crippen molar-refractivity contribution in [2.45, 2.75) is 31.9 Å². The lowest BCUT2D eigenvalue weighted by Gasteiger charge is -2.21. The molecule has 1 unspecified atom stereocenters. The van der Waals surface area contributed by atoms with Crippen LogP contribution >= 0.6 is 0 Å². The number of hydrogen-bond acceptors (Lipinski definition) is 3. The zero-order valence-corrected chi connectivity index (χ0v) is 7.48. The van der Waals surface area contributed by atoms with Crippen molar-refractivity contribution in [3.05, 3.63) is 17.7 Å². The number of nitrogens with zero attached hydrogens (tertiary/aromatic N) is 2. The lowest BCUT2D eigenvalue weighted by molar-refractivity contribution is 0.129. The molecule has 0 radical (unpaired) electrons. The molecule has 1 aromatic heterocycles. The minimum atomic E-state index is -0.251. The summed E-state index contributed by atoms with van der Waals surface area (Å²) in [5, 5.41) is 18.2. The number of aliphatic hydroxyl groups excluding tert-OH is 2. The van der Waals surface area contributed by atoms with Gasteiger partial charge in [-0.3, -0.25) is 0 Å². The minimum absolute atomic E-state index is 0.118. The molecule has 2 rings (SSSR count). The molecule has 72 valence electrons. The van der Waals surface area contributed by atoms with Crippen LogP contribution in [-0.2, 0) is 19.4 Å². The first-order chi connectivity index (χ1) is 6.31. The highest BCUT2D eigenvalue weighted by Crippen LogP contribution is 2.17. The predicted molar refractivity (Wildman–Crippen MR) is 47.3 cm³/mol.